The van der Waals surface area contributed by atoms with E-state index in [0.29, 0.717) is 0 Å². The number of hydrogen-bond acceptors (Lipinski definition) is 1. The fourth-order valence-electron chi connectivity index (χ4n) is 1.53. The summed E-state index contributed by atoms with van der Waals surface area (Å²) in [6, 6.07) is 0. The summed E-state index contributed by atoms with van der Waals surface area (Å²) in [5.41, 5.74) is 6.55. The molecule has 0 rings (SSSR count). The van der Waals surface area contributed by atoms with Gasteiger partial charge < -0.3 is 5.73 Å². The Morgan fingerprint density at radius 3 is 1.64 bits per heavy atom. The van der Waals surface area contributed by atoms with Crippen molar-refractivity contribution in [2.75, 3.05) is 0 Å². The molecule has 0 aromatic carbocycles. The topological polar surface area (TPSA) is 26.0 Å². The predicted octanol–water partition coefficient (Wildman–Crippen LogP) is 2.94. The lowest BCUT2D eigenvalue weighted by atomic mass is 9.70. The van der Waals surface area contributed by atoms with Crippen molar-refractivity contribution in [3.63, 3.8) is 0 Å². The van der Waals surface area contributed by atoms with E-state index in [1.807, 2.05) is 0 Å². The molecule has 0 fully saturated rings. The van der Waals surface area contributed by atoms with Crippen LogP contribution in [0.4, 0.5) is 0 Å². The van der Waals surface area contributed by atoms with Gasteiger partial charge in [-0.3, -0.25) is 0 Å². The molecule has 0 saturated carbocycles. The smallest absolute Gasteiger partial charge is 0.0200 e. The van der Waals surface area contributed by atoms with Gasteiger partial charge in [0.2, 0.25) is 0 Å². The highest BCUT2D eigenvalue weighted by Gasteiger charge is 2.35. The summed E-state index contributed by atoms with van der Waals surface area (Å²) in [7, 11) is 0. The first-order valence-electron chi connectivity index (χ1n) is 4.66. The SMILES string of the molecule is CCCC(N)(CC)C(C)(C)C. The molecular weight excluding hydrogens is 134 g/mol. The van der Waals surface area contributed by atoms with Crippen molar-refractivity contribution in [3.05, 3.63) is 0 Å². The normalized spacial score (nSPS) is 18.0. The highest BCUT2D eigenvalue weighted by atomic mass is 14.8. The average molecular weight is 157 g/mol. The van der Waals surface area contributed by atoms with Crippen LogP contribution in [0.15, 0.2) is 0 Å². The molecule has 0 aliphatic rings. The van der Waals surface area contributed by atoms with Crippen LogP contribution in [0.25, 0.3) is 0 Å². The third kappa shape index (κ3) is 2.48. The lowest BCUT2D eigenvalue weighted by molar-refractivity contribution is 0.166. The zero-order chi connectivity index (χ0) is 9.12. The zero-order valence-electron chi connectivity index (χ0n) is 8.70. The summed E-state index contributed by atoms with van der Waals surface area (Å²) in [6.07, 6.45) is 3.39. The van der Waals surface area contributed by atoms with E-state index in [2.05, 4.69) is 34.6 Å². The third-order valence-corrected chi connectivity index (χ3v) is 2.82. The maximum Gasteiger partial charge on any atom is 0.0200 e. The molecule has 0 saturated heterocycles. The minimum absolute atomic E-state index is 0.0295. The molecule has 0 radical (unpaired) electrons. The molecule has 11 heavy (non-hydrogen) atoms. The fraction of sp³-hybridized carbons (Fsp3) is 1.00. The Balaban J connectivity index is 4.33. The minimum Gasteiger partial charge on any atom is -0.325 e. The van der Waals surface area contributed by atoms with Crippen LogP contribution >= 0.6 is 0 Å². The maximum absolute atomic E-state index is 6.28. The van der Waals surface area contributed by atoms with Gasteiger partial charge in [0.25, 0.3) is 0 Å². The first kappa shape index (κ1) is 11.0. The monoisotopic (exact) mass is 157 g/mol. The van der Waals surface area contributed by atoms with Gasteiger partial charge in [-0.2, -0.15) is 0 Å². The van der Waals surface area contributed by atoms with Crippen LogP contribution in [0.2, 0.25) is 0 Å². The number of nitrogens with two attached hydrogens (primary N) is 1. The predicted molar refractivity (Wildman–Crippen MR) is 51.6 cm³/mol. The highest BCUT2D eigenvalue weighted by Crippen LogP contribution is 2.34. The van der Waals surface area contributed by atoms with E-state index < -0.39 is 0 Å². The Morgan fingerprint density at radius 1 is 1.09 bits per heavy atom. The minimum atomic E-state index is 0.0295. The molecule has 0 aliphatic carbocycles. The Labute approximate surface area is 71.4 Å². The average Bonchev–Trinajstić information content (AvgIpc) is 1.86. The van der Waals surface area contributed by atoms with E-state index in [1.165, 1.54) is 6.42 Å². The van der Waals surface area contributed by atoms with Crippen LogP contribution in [-0.4, -0.2) is 5.54 Å². The molecule has 2 N–H and O–H groups in total. The molecule has 0 heterocycles. The maximum atomic E-state index is 6.28. The lowest BCUT2D eigenvalue weighted by Crippen LogP contribution is -2.50. The van der Waals surface area contributed by atoms with Gasteiger partial charge in [-0.25, -0.2) is 0 Å². The van der Waals surface area contributed by atoms with E-state index in [4.69, 9.17) is 5.73 Å². The second-order valence-electron chi connectivity index (χ2n) is 4.51. The van der Waals surface area contributed by atoms with E-state index in [9.17, 15) is 0 Å². The summed E-state index contributed by atoms with van der Waals surface area (Å²) in [4.78, 5) is 0. The second kappa shape index (κ2) is 3.57. The van der Waals surface area contributed by atoms with Gasteiger partial charge in [0.1, 0.15) is 0 Å². The number of hydrogen-bond donors (Lipinski definition) is 1. The van der Waals surface area contributed by atoms with Crippen molar-refractivity contribution < 1.29 is 0 Å². The first-order valence-corrected chi connectivity index (χ1v) is 4.66. The van der Waals surface area contributed by atoms with Crippen LogP contribution in [-0.2, 0) is 0 Å². The summed E-state index contributed by atoms with van der Waals surface area (Å²) in [5.74, 6) is 0. The van der Waals surface area contributed by atoms with Crippen molar-refractivity contribution in [3.8, 4) is 0 Å². The van der Waals surface area contributed by atoms with Crippen molar-refractivity contribution >= 4 is 0 Å². The van der Waals surface area contributed by atoms with Crippen LogP contribution in [0.1, 0.15) is 53.9 Å². The molecule has 0 aromatic rings. The van der Waals surface area contributed by atoms with Crippen molar-refractivity contribution in [1.29, 1.82) is 0 Å². The molecular formula is C10H23N. The molecule has 1 heteroatoms. The summed E-state index contributed by atoms with van der Waals surface area (Å²) < 4.78 is 0. The van der Waals surface area contributed by atoms with Gasteiger partial charge in [-0.1, -0.05) is 41.0 Å². The number of rotatable bonds is 3. The Kier molecular flexibility index (Phi) is 3.56. The summed E-state index contributed by atoms with van der Waals surface area (Å²) in [6.45, 7) is 11.1. The molecule has 1 unspecified atom stereocenters. The van der Waals surface area contributed by atoms with Gasteiger partial charge in [0, 0.05) is 5.54 Å². The molecule has 1 atom stereocenters. The molecule has 0 spiro atoms. The lowest BCUT2D eigenvalue weighted by Gasteiger charge is -2.41. The zero-order valence-corrected chi connectivity index (χ0v) is 8.70. The van der Waals surface area contributed by atoms with Crippen molar-refractivity contribution in [1.82, 2.24) is 0 Å². The van der Waals surface area contributed by atoms with Crippen molar-refractivity contribution in [2.45, 2.75) is 59.4 Å². The van der Waals surface area contributed by atoms with Gasteiger partial charge >= 0.3 is 0 Å². The quantitative estimate of drug-likeness (QED) is 0.669. The Morgan fingerprint density at radius 2 is 1.55 bits per heavy atom. The van der Waals surface area contributed by atoms with Crippen LogP contribution in [0, 0.1) is 5.41 Å². The van der Waals surface area contributed by atoms with Crippen LogP contribution in [0.3, 0.4) is 0 Å². The van der Waals surface area contributed by atoms with Gasteiger partial charge in [0.15, 0.2) is 0 Å². The standard InChI is InChI=1S/C10H23N/c1-6-8-10(11,7-2)9(3,4)5/h6-8,11H2,1-5H3. The van der Waals surface area contributed by atoms with E-state index in [-0.39, 0.29) is 11.0 Å². The van der Waals surface area contributed by atoms with E-state index >= 15 is 0 Å². The highest BCUT2D eigenvalue weighted by molar-refractivity contribution is 4.93. The van der Waals surface area contributed by atoms with Crippen molar-refractivity contribution in [2.24, 2.45) is 11.1 Å². The van der Waals surface area contributed by atoms with Gasteiger partial charge in [0.05, 0.1) is 0 Å². The molecule has 0 aliphatic heterocycles. The first-order chi connectivity index (χ1) is 4.87. The Bertz CT molecular complexity index is 113. The van der Waals surface area contributed by atoms with Gasteiger partial charge in [-0.15, -0.1) is 0 Å². The van der Waals surface area contributed by atoms with E-state index in [1.54, 1.807) is 0 Å². The van der Waals surface area contributed by atoms with Crippen LogP contribution < -0.4 is 5.73 Å². The Hall–Kier alpha value is -0.0400. The van der Waals surface area contributed by atoms with Gasteiger partial charge in [-0.05, 0) is 18.3 Å². The fourth-order valence-corrected chi connectivity index (χ4v) is 1.53. The summed E-state index contributed by atoms with van der Waals surface area (Å²) >= 11 is 0. The molecule has 0 aromatic heterocycles. The van der Waals surface area contributed by atoms with E-state index in [0.717, 1.165) is 12.8 Å². The molecule has 0 amide bonds. The second-order valence-corrected chi connectivity index (χ2v) is 4.51. The molecule has 68 valence electrons. The molecule has 0 bridgehead atoms. The summed E-state index contributed by atoms with van der Waals surface area (Å²) in [5, 5.41) is 0. The van der Waals surface area contributed by atoms with Crippen LogP contribution in [0.5, 0.6) is 0 Å². The molecule has 1 nitrogen and oxygen atoms in total. The largest absolute Gasteiger partial charge is 0.325 e. The third-order valence-electron chi connectivity index (χ3n) is 2.82.